The molecule has 0 radical (unpaired) electrons. The van der Waals surface area contributed by atoms with Crippen LogP contribution in [0.25, 0.3) is 20.5 Å². The molecule has 0 unspecified atom stereocenters. The van der Waals surface area contributed by atoms with Gasteiger partial charge in [-0.3, -0.25) is 0 Å². The number of carbonyl (C=O) groups excluding carboxylic acids is 6. The molecule has 0 fully saturated rings. The van der Waals surface area contributed by atoms with E-state index in [1.807, 2.05) is 53.7 Å². The molecule has 0 atom stereocenters. The summed E-state index contributed by atoms with van der Waals surface area (Å²) in [6.07, 6.45) is 4.56. The third-order valence-corrected chi connectivity index (χ3v) is 18.5. The summed E-state index contributed by atoms with van der Waals surface area (Å²) in [6, 6.07) is 29.3. The summed E-state index contributed by atoms with van der Waals surface area (Å²) < 4.78 is 47.2. The van der Waals surface area contributed by atoms with Crippen LogP contribution in [-0.4, -0.2) is 62.2 Å². The summed E-state index contributed by atoms with van der Waals surface area (Å²) in [7, 11) is 0. The maximum Gasteiger partial charge on any atom is 0.344 e. The van der Waals surface area contributed by atoms with Gasteiger partial charge >= 0.3 is 35.8 Å². The first-order chi connectivity index (χ1) is 43.1. The van der Waals surface area contributed by atoms with Crippen LogP contribution in [0.1, 0.15) is 120 Å². The molecule has 456 valence electrons. The minimum absolute atomic E-state index is 0.0632. The Morgan fingerprint density at radius 1 is 0.500 bits per heavy atom. The first-order valence-corrected chi connectivity index (χ1v) is 31.0. The summed E-state index contributed by atoms with van der Waals surface area (Å²) in [5.74, 6) is -2.70. The molecule has 6 aromatic carbocycles. The van der Waals surface area contributed by atoms with Crippen LogP contribution in [0.15, 0.2) is 162 Å². The molecule has 0 saturated heterocycles. The zero-order chi connectivity index (χ0) is 64.9. The van der Waals surface area contributed by atoms with Crippen LogP contribution in [0.4, 0.5) is 0 Å². The number of thioether (sulfide) groups is 4. The highest BCUT2D eigenvalue weighted by Crippen LogP contribution is 2.63. The lowest BCUT2D eigenvalue weighted by molar-refractivity contribution is -0.138. The van der Waals surface area contributed by atoms with E-state index in [9.17, 15) is 39.3 Å². The van der Waals surface area contributed by atoms with E-state index in [0.29, 0.717) is 91.9 Å². The Morgan fingerprint density at radius 3 is 1.19 bits per heavy atom. The van der Waals surface area contributed by atoms with Gasteiger partial charge < -0.3 is 37.9 Å². The SMILES string of the molecule is [C-]#[N+]/C(C#N)=C1/Sc2c(OC(=O)c3ccc(OCCCCOC(=O)C=C)cc3)cc(C(C)(C)C)c(OC(=O)c3ccc(C(=O)Oc4c(C(C)(C)C)cc(OC(=O)c5ccc(OCCCCOC(=O)C=C)cc5)c5c4S/C(=C(\C#N)[N+]#[C-])S5)c4ccccc34)c2S1. The molecule has 0 aromatic heterocycles. The smallest absolute Gasteiger partial charge is 0.344 e. The summed E-state index contributed by atoms with van der Waals surface area (Å²) in [6.45, 7) is 34.7. The number of benzene rings is 6. The Balaban J connectivity index is 1.07. The topological polar surface area (TPSA) is 233 Å². The van der Waals surface area contributed by atoms with Gasteiger partial charge in [0.1, 0.15) is 34.5 Å². The van der Waals surface area contributed by atoms with Crippen LogP contribution < -0.4 is 28.4 Å². The van der Waals surface area contributed by atoms with Gasteiger partial charge in [-0.15, -0.1) is 0 Å². The van der Waals surface area contributed by atoms with Gasteiger partial charge in [-0.05, 0) is 120 Å². The summed E-state index contributed by atoms with van der Waals surface area (Å²) in [5.41, 5.74) is -0.578. The highest BCUT2D eigenvalue weighted by atomic mass is 32.2. The van der Waals surface area contributed by atoms with E-state index in [4.69, 9.17) is 51.0 Å². The van der Waals surface area contributed by atoms with Crippen molar-refractivity contribution in [3.8, 4) is 46.6 Å². The van der Waals surface area contributed by atoms with Crippen LogP contribution in [0.3, 0.4) is 0 Å². The third-order valence-electron chi connectivity index (χ3n) is 13.3. The lowest BCUT2D eigenvalue weighted by atomic mass is 9.86. The van der Waals surface area contributed by atoms with E-state index >= 15 is 0 Å². The van der Waals surface area contributed by atoms with E-state index in [1.165, 1.54) is 12.1 Å². The molecule has 2 heterocycles. The molecule has 18 nitrogen and oxygen atoms in total. The van der Waals surface area contributed by atoms with Gasteiger partial charge in [0.2, 0.25) is 0 Å². The number of rotatable bonds is 22. The van der Waals surface area contributed by atoms with Gasteiger partial charge in [-0.25, -0.2) is 49.0 Å². The summed E-state index contributed by atoms with van der Waals surface area (Å²) in [5, 5.41) is 20.6. The van der Waals surface area contributed by atoms with Crippen LogP contribution in [0, 0.1) is 35.8 Å². The van der Waals surface area contributed by atoms with Crippen LogP contribution in [-0.2, 0) is 29.9 Å². The number of allylic oxidation sites excluding steroid dienone is 2. The predicted molar refractivity (Wildman–Crippen MR) is 341 cm³/mol. The highest BCUT2D eigenvalue weighted by molar-refractivity contribution is 8.25. The van der Waals surface area contributed by atoms with Crippen molar-refractivity contribution >= 4 is 93.6 Å². The van der Waals surface area contributed by atoms with Gasteiger partial charge in [-0.2, -0.15) is 0 Å². The van der Waals surface area contributed by atoms with E-state index in [1.54, 1.807) is 84.9 Å². The fourth-order valence-corrected chi connectivity index (χ4v) is 13.8. The minimum atomic E-state index is -0.823. The largest absolute Gasteiger partial charge is 0.494 e. The fourth-order valence-electron chi connectivity index (χ4n) is 8.78. The molecule has 0 saturated carbocycles. The Morgan fingerprint density at radius 2 is 0.856 bits per heavy atom. The van der Waals surface area contributed by atoms with Gasteiger partial charge in [0.15, 0.2) is 0 Å². The van der Waals surface area contributed by atoms with Gasteiger partial charge in [0, 0.05) is 23.3 Å². The molecule has 6 aromatic rings. The quantitative estimate of drug-likeness (QED) is 0.0153. The standard InChI is InChI=1S/C68H56N4O14S4/c1-11-53(73)81-33-17-15-31-79-41-25-21-39(22-26-41)61(75)83-51-35-47(67(3,4)5)55(59-57(51)87-65(89-59)49(37-69)71-9)85-63(77)45-29-30-46(44-20-14-13-19-43(44)45)64(78)86-56-48(68(6,7)8)36-52(58-60(56)90-66(88-58)50(38-70)72-10)84-62(76)40-23-27-42(28-24-40)80-32-16-18-34-82-54(74)12-2/h11-14,19-30,35-36H,1-2,15-18,31-34H2,3-8H3/b65-49-,66-50+. The number of carbonyl (C=O) groups is 6. The highest BCUT2D eigenvalue weighted by Gasteiger charge is 2.38. The second kappa shape index (κ2) is 29.5. The van der Waals surface area contributed by atoms with Crippen molar-refractivity contribution in [2.24, 2.45) is 0 Å². The second-order valence-corrected chi connectivity index (χ2v) is 26.2. The van der Waals surface area contributed by atoms with Crippen LogP contribution >= 0.6 is 47.0 Å². The maximum atomic E-state index is 14.9. The van der Waals surface area contributed by atoms with Gasteiger partial charge in [-0.1, -0.05) is 126 Å². The molecule has 0 spiro atoms. The molecular formula is C68H56N4O14S4. The predicted octanol–water partition coefficient (Wildman–Crippen LogP) is 15.7. The first-order valence-electron chi connectivity index (χ1n) is 27.7. The summed E-state index contributed by atoms with van der Waals surface area (Å²) in [4.78, 5) is 88.3. The van der Waals surface area contributed by atoms with Crippen molar-refractivity contribution in [2.45, 2.75) is 97.6 Å². The second-order valence-electron chi connectivity index (χ2n) is 21.6. The number of fused-ring (bicyclic) bond motifs is 3. The van der Waals surface area contributed by atoms with Crippen molar-refractivity contribution in [1.29, 1.82) is 10.5 Å². The van der Waals surface area contributed by atoms with Crippen LogP contribution in [0.2, 0.25) is 0 Å². The lowest BCUT2D eigenvalue weighted by Gasteiger charge is -2.25. The molecule has 22 heteroatoms. The van der Waals surface area contributed by atoms with Crippen molar-refractivity contribution in [3.63, 3.8) is 0 Å². The Labute approximate surface area is 536 Å². The molecule has 2 aliphatic heterocycles. The number of unbranched alkanes of at least 4 members (excludes halogenated alkanes) is 2. The lowest BCUT2D eigenvalue weighted by Crippen LogP contribution is -2.20. The molecule has 0 amide bonds. The number of nitrogens with zero attached hydrogens (tertiary/aromatic N) is 4. The Kier molecular flexibility index (Phi) is 21.8. The number of hydrogen-bond donors (Lipinski definition) is 0. The van der Waals surface area contributed by atoms with Crippen molar-refractivity contribution < 1.29 is 66.7 Å². The molecule has 8 rings (SSSR count). The number of esters is 6. The monoisotopic (exact) mass is 1280 g/mol. The molecule has 0 N–H and O–H groups in total. The van der Waals surface area contributed by atoms with Gasteiger partial charge in [0.25, 0.3) is 11.4 Å². The number of ether oxygens (including phenoxy) is 8. The normalized spacial score (nSPS) is 13.3. The number of hydrogen-bond acceptors (Lipinski definition) is 20. The Bertz CT molecular complexity index is 3860. The maximum absolute atomic E-state index is 14.9. The fraction of sp³-hybridized carbons (Fsp3) is 0.235. The van der Waals surface area contributed by atoms with Crippen molar-refractivity contribution in [2.75, 3.05) is 26.4 Å². The first kappa shape index (κ1) is 66.3. The molecular weight excluding hydrogens is 1230 g/mol. The average molecular weight is 1280 g/mol. The average Bonchev–Trinajstić information content (AvgIpc) is 2.28. The Hall–Kier alpha value is -9.68. The number of nitriles is 2. The van der Waals surface area contributed by atoms with Crippen molar-refractivity contribution in [3.05, 3.63) is 198 Å². The van der Waals surface area contributed by atoms with E-state index < -0.39 is 46.6 Å². The van der Waals surface area contributed by atoms with E-state index in [2.05, 4.69) is 22.8 Å². The molecule has 2 aliphatic rings. The molecule has 90 heavy (non-hydrogen) atoms. The summed E-state index contributed by atoms with van der Waals surface area (Å²) >= 11 is 4.11. The zero-order valence-corrected chi connectivity index (χ0v) is 52.9. The van der Waals surface area contributed by atoms with E-state index in [-0.39, 0.29) is 78.3 Å². The van der Waals surface area contributed by atoms with Crippen molar-refractivity contribution in [1.82, 2.24) is 0 Å². The third kappa shape index (κ3) is 15.8. The molecule has 0 bridgehead atoms. The van der Waals surface area contributed by atoms with E-state index in [0.717, 1.165) is 59.2 Å². The van der Waals surface area contributed by atoms with Gasteiger partial charge in [0.05, 0.1) is 102 Å². The molecule has 0 aliphatic carbocycles. The van der Waals surface area contributed by atoms with Crippen LogP contribution in [0.5, 0.6) is 34.5 Å². The minimum Gasteiger partial charge on any atom is -0.494 e. The zero-order valence-electron chi connectivity index (χ0n) is 49.6.